The van der Waals surface area contributed by atoms with Crippen molar-refractivity contribution >= 4 is 5.97 Å². The number of aliphatic hydroxyl groups is 2. The van der Waals surface area contributed by atoms with E-state index >= 15 is 4.39 Å². The maximum absolute atomic E-state index is 15.7. The second-order valence-corrected chi connectivity index (χ2v) is 9.82. The van der Waals surface area contributed by atoms with Crippen LogP contribution in [0.5, 0.6) is 5.75 Å². The number of hydrogen-bond donors (Lipinski definition) is 3. The fourth-order valence-electron chi connectivity index (χ4n) is 4.64. The molecule has 1 aliphatic rings. The maximum Gasteiger partial charge on any atom is 0.303 e. The van der Waals surface area contributed by atoms with Gasteiger partial charge in [0.05, 0.1) is 12.2 Å². The van der Waals surface area contributed by atoms with E-state index in [1.54, 1.807) is 26.0 Å². The molecule has 1 saturated carbocycles. The number of unbranched alkanes of at least 4 members (excludes halogenated alkanes) is 3. The van der Waals surface area contributed by atoms with Crippen LogP contribution in [0.4, 0.5) is 8.78 Å². The van der Waals surface area contributed by atoms with Crippen LogP contribution < -0.4 is 4.74 Å². The lowest BCUT2D eigenvalue weighted by Gasteiger charge is -2.39. The van der Waals surface area contributed by atoms with E-state index in [9.17, 15) is 19.4 Å². The number of para-hydroxylation sites is 1. The summed E-state index contributed by atoms with van der Waals surface area (Å²) in [4.78, 5) is 10.6. The molecule has 2 rings (SSSR count). The molecule has 7 heteroatoms. The van der Waals surface area contributed by atoms with Gasteiger partial charge in [-0.1, -0.05) is 31.4 Å². The number of alkyl halides is 1. The third-order valence-electron chi connectivity index (χ3n) is 7.10. The first-order valence-electron chi connectivity index (χ1n) is 11.6. The fourth-order valence-corrected chi connectivity index (χ4v) is 4.64. The summed E-state index contributed by atoms with van der Waals surface area (Å²) in [5.74, 6) is -1.68. The molecule has 0 saturated heterocycles. The summed E-state index contributed by atoms with van der Waals surface area (Å²) >= 11 is 0. The highest BCUT2D eigenvalue weighted by Crippen LogP contribution is 2.43. The second kappa shape index (κ2) is 11.4. The number of carboxylic acid groups (broad SMARTS) is 1. The van der Waals surface area contributed by atoms with Gasteiger partial charge in [0.15, 0.2) is 11.6 Å². The first-order valence-corrected chi connectivity index (χ1v) is 11.6. The highest BCUT2D eigenvalue weighted by Gasteiger charge is 2.47. The molecule has 5 atom stereocenters. The molecule has 3 N–H and O–H groups in total. The molecule has 0 spiro atoms. The lowest BCUT2D eigenvalue weighted by atomic mass is 9.79. The van der Waals surface area contributed by atoms with Gasteiger partial charge in [-0.2, -0.15) is 0 Å². The molecule has 0 aliphatic heterocycles. The molecule has 0 radical (unpaired) electrons. The van der Waals surface area contributed by atoms with Crippen molar-refractivity contribution in [2.24, 2.45) is 11.8 Å². The minimum Gasteiger partial charge on any atom is -0.481 e. The molecule has 1 aromatic carbocycles. The van der Waals surface area contributed by atoms with Gasteiger partial charge in [-0.15, -0.1) is 0 Å². The van der Waals surface area contributed by atoms with E-state index in [1.165, 1.54) is 19.1 Å². The van der Waals surface area contributed by atoms with Crippen molar-refractivity contribution in [1.29, 1.82) is 0 Å². The van der Waals surface area contributed by atoms with Crippen molar-refractivity contribution in [1.82, 2.24) is 0 Å². The molecule has 4 unspecified atom stereocenters. The molecule has 182 valence electrons. The van der Waals surface area contributed by atoms with Crippen LogP contribution in [0.3, 0.4) is 0 Å². The number of rotatable bonds is 13. The second-order valence-electron chi connectivity index (χ2n) is 9.82. The van der Waals surface area contributed by atoms with E-state index in [1.807, 2.05) is 0 Å². The van der Waals surface area contributed by atoms with Crippen molar-refractivity contribution < 1.29 is 33.6 Å². The number of aliphatic carboxylic acids is 1. The molecule has 0 amide bonds. The van der Waals surface area contributed by atoms with Gasteiger partial charge in [0.1, 0.15) is 11.3 Å². The molecular formula is C25H38F2O5. The highest BCUT2D eigenvalue weighted by atomic mass is 19.1. The van der Waals surface area contributed by atoms with Crippen LogP contribution in [-0.4, -0.2) is 44.8 Å². The SMILES string of the molecule is CC(F)(CCC1C(O)C[C@H](O)C1CCCCCCC(=O)O)C(C)(C)Oc1ccccc1F. The molecule has 32 heavy (non-hydrogen) atoms. The predicted molar refractivity (Wildman–Crippen MR) is 119 cm³/mol. The van der Waals surface area contributed by atoms with E-state index in [0.717, 1.165) is 19.3 Å². The van der Waals surface area contributed by atoms with Crippen molar-refractivity contribution in [2.45, 2.75) is 102 Å². The number of hydrogen-bond acceptors (Lipinski definition) is 4. The van der Waals surface area contributed by atoms with Crippen LogP contribution in [0.2, 0.25) is 0 Å². The van der Waals surface area contributed by atoms with Crippen LogP contribution in [-0.2, 0) is 4.79 Å². The van der Waals surface area contributed by atoms with Gasteiger partial charge in [-0.05, 0) is 76.8 Å². The normalized spacial score (nSPS) is 25.5. The Hall–Kier alpha value is -1.73. The van der Waals surface area contributed by atoms with Crippen LogP contribution in [0.15, 0.2) is 24.3 Å². The standard InChI is InChI=1S/C25H38F2O5/c1-24(2,32-22-12-9-8-11-19(22)26)25(3,27)15-14-18-17(20(28)16-21(18)29)10-6-4-5-7-13-23(30)31/h8-9,11-12,17-18,20-21,28-29H,4-7,10,13-16H2,1-3H3,(H,30,31)/t17?,18?,20-,21?,25?/m0/s1. The highest BCUT2D eigenvalue weighted by molar-refractivity contribution is 5.66. The molecule has 0 bridgehead atoms. The smallest absolute Gasteiger partial charge is 0.303 e. The van der Waals surface area contributed by atoms with E-state index in [4.69, 9.17) is 9.84 Å². The van der Waals surface area contributed by atoms with E-state index in [0.29, 0.717) is 19.3 Å². The van der Waals surface area contributed by atoms with E-state index in [2.05, 4.69) is 0 Å². The van der Waals surface area contributed by atoms with Crippen molar-refractivity contribution in [2.75, 3.05) is 0 Å². The number of benzene rings is 1. The topological polar surface area (TPSA) is 87.0 Å². The molecule has 0 aromatic heterocycles. The maximum atomic E-state index is 15.7. The summed E-state index contributed by atoms with van der Waals surface area (Å²) in [5, 5.41) is 29.6. The zero-order valence-corrected chi connectivity index (χ0v) is 19.4. The predicted octanol–water partition coefficient (Wildman–Crippen LogP) is 5.27. The Morgan fingerprint density at radius 3 is 2.25 bits per heavy atom. The zero-order chi connectivity index (χ0) is 23.9. The summed E-state index contributed by atoms with van der Waals surface area (Å²) < 4.78 is 35.4. The van der Waals surface area contributed by atoms with Crippen molar-refractivity contribution in [3.63, 3.8) is 0 Å². The van der Waals surface area contributed by atoms with Crippen molar-refractivity contribution in [3.05, 3.63) is 30.1 Å². The first-order chi connectivity index (χ1) is 14.9. The average Bonchev–Trinajstić information content (AvgIpc) is 2.96. The Bertz CT molecular complexity index is 737. The lowest BCUT2D eigenvalue weighted by molar-refractivity contribution is -0.137. The Morgan fingerprint density at radius 1 is 1.03 bits per heavy atom. The van der Waals surface area contributed by atoms with Crippen LogP contribution in [0.1, 0.15) is 78.6 Å². The van der Waals surface area contributed by atoms with E-state index < -0.39 is 35.3 Å². The number of carboxylic acids is 1. The average molecular weight is 457 g/mol. The Morgan fingerprint density at radius 2 is 1.62 bits per heavy atom. The van der Waals surface area contributed by atoms with Gasteiger partial charge in [0.2, 0.25) is 0 Å². The number of halogens is 2. The summed E-state index contributed by atoms with van der Waals surface area (Å²) in [6, 6.07) is 5.91. The third-order valence-corrected chi connectivity index (χ3v) is 7.10. The quantitative estimate of drug-likeness (QED) is 0.352. The molecular weight excluding hydrogens is 418 g/mol. The Kier molecular flexibility index (Phi) is 9.46. The van der Waals surface area contributed by atoms with Gasteiger partial charge < -0.3 is 20.1 Å². The monoisotopic (exact) mass is 456 g/mol. The largest absolute Gasteiger partial charge is 0.481 e. The number of carbonyl (C=O) groups is 1. The summed E-state index contributed by atoms with van der Waals surface area (Å²) in [6.45, 7) is 4.62. The zero-order valence-electron chi connectivity index (χ0n) is 19.4. The third kappa shape index (κ3) is 7.14. The molecule has 1 aliphatic carbocycles. The molecule has 5 nitrogen and oxygen atoms in total. The molecule has 1 fully saturated rings. The fraction of sp³-hybridized carbons (Fsp3) is 0.720. The van der Waals surface area contributed by atoms with Gasteiger partial charge in [0.25, 0.3) is 0 Å². The molecule has 0 heterocycles. The summed E-state index contributed by atoms with van der Waals surface area (Å²) in [5.41, 5.74) is -3.08. The summed E-state index contributed by atoms with van der Waals surface area (Å²) in [6.07, 6.45) is 3.49. The molecule has 1 aromatic rings. The van der Waals surface area contributed by atoms with Gasteiger partial charge in [0, 0.05) is 6.42 Å². The van der Waals surface area contributed by atoms with E-state index in [-0.39, 0.29) is 36.8 Å². The number of aliphatic hydroxyl groups excluding tert-OH is 2. The van der Waals surface area contributed by atoms with Gasteiger partial charge in [-0.25, -0.2) is 8.78 Å². The first kappa shape index (κ1) is 26.5. The van der Waals surface area contributed by atoms with Crippen LogP contribution in [0, 0.1) is 17.7 Å². The van der Waals surface area contributed by atoms with Gasteiger partial charge in [-0.3, -0.25) is 4.79 Å². The number of ether oxygens (including phenoxy) is 1. The Balaban J connectivity index is 1.91. The minimum absolute atomic E-state index is 0.00141. The Labute approximate surface area is 189 Å². The van der Waals surface area contributed by atoms with Crippen LogP contribution >= 0.6 is 0 Å². The minimum atomic E-state index is -1.79. The van der Waals surface area contributed by atoms with Gasteiger partial charge >= 0.3 is 5.97 Å². The van der Waals surface area contributed by atoms with Crippen molar-refractivity contribution in [3.8, 4) is 5.75 Å². The summed E-state index contributed by atoms with van der Waals surface area (Å²) in [7, 11) is 0. The van der Waals surface area contributed by atoms with Crippen LogP contribution in [0.25, 0.3) is 0 Å². The lowest BCUT2D eigenvalue weighted by Crippen LogP contribution is -2.49.